The lowest BCUT2D eigenvalue weighted by Gasteiger charge is -2.22. The zero-order chi connectivity index (χ0) is 15.5. The number of benzene rings is 1. The van der Waals surface area contributed by atoms with Crippen LogP contribution in [0.4, 0.5) is 0 Å². The van der Waals surface area contributed by atoms with Crippen LogP contribution in [0.15, 0.2) is 41.4 Å². The molecule has 3 aromatic rings. The highest BCUT2D eigenvalue weighted by molar-refractivity contribution is 7.07. The smallest absolute Gasteiger partial charge is 0.0795 e. The van der Waals surface area contributed by atoms with Gasteiger partial charge < -0.3 is 9.72 Å². The van der Waals surface area contributed by atoms with E-state index in [0.29, 0.717) is 5.92 Å². The Morgan fingerprint density at radius 3 is 3.26 bits per heavy atom. The maximum atomic E-state index is 5.84. The van der Waals surface area contributed by atoms with Gasteiger partial charge in [-0.3, -0.25) is 4.90 Å². The fourth-order valence-corrected chi connectivity index (χ4v) is 3.88. The van der Waals surface area contributed by atoms with Gasteiger partial charge in [-0.2, -0.15) is 0 Å². The first kappa shape index (κ1) is 14.9. The van der Waals surface area contributed by atoms with E-state index in [1.54, 1.807) is 11.3 Å². The Balaban J connectivity index is 1.44. The zero-order valence-corrected chi connectivity index (χ0v) is 13.9. The molecule has 1 atom stereocenters. The van der Waals surface area contributed by atoms with Gasteiger partial charge in [0.15, 0.2) is 0 Å². The van der Waals surface area contributed by atoms with Crippen LogP contribution in [0, 0.1) is 5.92 Å². The molecule has 0 bridgehead atoms. The zero-order valence-electron chi connectivity index (χ0n) is 13.1. The fourth-order valence-electron chi connectivity index (χ4n) is 3.33. The van der Waals surface area contributed by atoms with Gasteiger partial charge in [-0.1, -0.05) is 6.07 Å². The maximum absolute atomic E-state index is 5.84. The number of hydrogen-bond donors (Lipinski definition) is 1. The highest BCUT2D eigenvalue weighted by Crippen LogP contribution is 2.19. The van der Waals surface area contributed by atoms with Crippen LogP contribution in [-0.4, -0.2) is 41.2 Å². The highest BCUT2D eigenvalue weighted by atomic mass is 32.1. The predicted molar refractivity (Wildman–Crippen MR) is 93.7 cm³/mol. The molecule has 3 heterocycles. The third kappa shape index (κ3) is 3.63. The Hall–Kier alpha value is -1.69. The third-order valence-electron chi connectivity index (χ3n) is 4.43. The SMILES string of the molecule is c1cc2cc(C[C@H]3COCCN(Cc4cscn4)C3)ccc2[nH]1. The van der Waals surface area contributed by atoms with Gasteiger partial charge in [0.1, 0.15) is 0 Å². The van der Waals surface area contributed by atoms with E-state index >= 15 is 0 Å². The average molecular weight is 327 g/mol. The molecule has 0 aliphatic carbocycles. The maximum Gasteiger partial charge on any atom is 0.0795 e. The Morgan fingerprint density at radius 1 is 1.35 bits per heavy atom. The number of H-pyrrole nitrogens is 1. The molecule has 1 aliphatic heterocycles. The lowest BCUT2D eigenvalue weighted by molar-refractivity contribution is 0.121. The van der Waals surface area contributed by atoms with E-state index in [0.717, 1.165) is 39.3 Å². The molecular formula is C18H21N3OS. The van der Waals surface area contributed by atoms with E-state index < -0.39 is 0 Å². The first-order valence-electron chi connectivity index (χ1n) is 8.10. The Bertz CT molecular complexity index is 753. The van der Waals surface area contributed by atoms with E-state index in [4.69, 9.17) is 4.74 Å². The minimum Gasteiger partial charge on any atom is -0.380 e. The molecular weight excluding hydrogens is 306 g/mol. The van der Waals surface area contributed by atoms with Crippen molar-refractivity contribution < 1.29 is 4.74 Å². The largest absolute Gasteiger partial charge is 0.380 e. The molecule has 1 N–H and O–H groups in total. The van der Waals surface area contributed by atoms with Gasteiger partial charge in [0, 0.05) is 36.7 Å². The summed E-state index contributed by atoms with van der Waals surface area (Å²) in [7, 11) is 0. The summed E-state index contributed by atoms with van der Waals surface area (Å²) in [6.45, 7) is 4.66. The van der Waals surface area contributed by atoms with Crippen molar-refractivity contribution in [3.8, 4) is 0 Å². The minimum atomic E-state index is 0.535. The number of hydrogen-bond acceptors (Lipinski definition) is 4. The van der Waals surface area contributed by atoms with Crippen molar-refractivity contribution in [3.63, 3.8) is 0 Å². The van der Waals surface area contributed by atoms with Crippen molar-refractivity contribution in [2.45, 2.75) is 13.0 Å². The number of nitrogens with one attached hydrogen (secondary N) is 1. The summed E-state index contributed by atoms with van der Waals surface area (Å²) in [5.74, 6) is 0.535. The standard InChI is InChI=1S/C18H21N3OS/c1-2-18-16(3-4-19-18)8-14(1)7-15-9-21(5-6-22-11-15)10-17-12-23-13-20-17/h1-4,8,12-13,15,19H,5-7,9-11H2/t15-/m1/s1. The number of aromatic nitrogens is 2. The Morgan fingerprint density at radius 2 is 2.35 bits per heavy atom. The second-order valence-corrected chi connectivity index (χ2v) is 6.98. The summed E-state index contributed by atoms with van der Waals surface area (Å²) < 4.78 is 5.84. The first-order valence-corrected chi connectivity index (χ1v) is 9.04. The lowest BCUT2D eigenvalue weighted by Crippen LogP contribution is -2.30. The monoisotopic (exact) mass is 327 g/mol. The van der Waals surface area contributed by atoms with Crippen molar-refractivity contribution in [3.05, 3.63) is 52.6 Å². The van der Waals surface area contributed by atoms with E-state index in [-0.39, 0.29) is 0 Å². The summed E-state index contributed by atoms with van der Waals surface area (Å²) in [5.41, 5.74) is 5.68. The molecule has 23 heavy (non-hydrogen) atoms. The molecule has 1 aliphatic rings. The van der Waals surface area contributed by atoms with Gasteiger partial charge in [-0.25, -0.2) is 4.98 Å². The van der Waals surface area contributed by atoms with Crippen LogP contribution >= 0.6 is 11.3 Å². The average Bonchev–Trinajstić information content (AvgIpc) is 3.17. The van der Waals surface area contributed by atoms with Crippen molar-refractivity contribution in [2.24, 2.45) is 5.92 Å². The van der Waals surface area contributed by atoms with Crippen LogP contribution in [0.5, 0.6) is 0 Å². The van der Waals surface area contributed by atoms with Crippen LogP contribution in [0.2, 0.25) is 0 Å². The summed E-state index contributed by atoms with van der Waals surface area (Å²) in [6, 6.07) is 8.84. The van der Waals surface area contributed by atoms with Crippen LogP contribution in [0.1, 0.15) is 11.3 Å². The molecule has 0 amide bonds. The topological polar surface area (TPSA) is 41.1 Å². The van der Waals surface area contributed by atoms with Crippen LogP contribution < -0.4 is 0 Å². The lowest BCUT2D eigenvalue weighted by atomic mass is 9.98. The second kappa shape index (κ2) is 6.83. The predicted octanol–water partition coefficient (Wildman–Crippen LogP) is 3.32. The summed E-state index contributed by atoms with van der Waals surface area (Å²) in [6.07, 6.45) is 3.06. The molecule has 1 aromatic carbocycles. The third-order valence-corrected chi connectivity index (χ3v) is 5.07. The van der Waals surface area contributed by atoms with E-state index in [1.807, 2.05) is 11.7 Å². The molecule has 0 unspecified atom stereocenters. The number of rotatable bonds is 4. The number of thiazole rings is 1. The molecule has 1 fully saturated rings. The summed E-state index contributed by atoms with van der Waals surface area (Å²) in [4.78, 5) is 10.1. The quantitative estimate of drug-likeness (QED) is 0.799. The molecule has 4 nitrogen and oxygen atoms in total. The van der Waals surface area contributed by atoms with Gasteiger partial charge in [-0.15, -0.1) is 11.3 Å². The van der Waals surface area contributed by atoms with Crippen LogP contribution in [0.25, 0.3) is 10.9 Å². The molecule has 1 saturated heterocycles. The highest BCUT2D eigenvalue weighted by Gasteiger charge is 2.19. The minimum absolute atomic E-state index is 0.535. The molecule has 4 rings (SSSR count). The van der Waals surface area contributed by atoms with E-state index in [2.05, 4.69) is 44.5 Å². The first-order chi connectivity index (χ1) is 11.4. The Kier molecular flexibility index (Phi) is 4.41. The van der Waals surface area contributed by atoms with Crippen molar-refractivity contribution in [1.82, 2.24) is 14.9 Å². The summed E-state index contributed by atoms with van der Waals surface area (Å²) >= 11 is 1.67. The van der Waals surface area contributed by atoms with Crippen LogP contribution in [0.3, 0.4) is 0 Å². The van der Waals surface area contributed by atoms with Crippen molar-refractivity contribution in [2.75, 3.05) is 26.3 Å². The van der Waals surface area contributed by atoms with Crippen LogP contribution in [-0.2, 0) is 17.7 Å². The molecule has 0 spiro atoms. The van der Waals surface area contributed by atoms with Gasteiger partial charge in [0.25, 0.3) is 0 Å². The molecule has 5 heteroatoms. The van der Waals surface area contributed by atoms with Crippen molar-refractivity contribution >= 4 is 22.2 Å². The summed E-state index contributed by atoms with van der Waals surface area (Å²) in [5, 5.41) is 3.43. The van der Waals surface area contributed by atoms with Gasteiger partial charge >= 0.3 is 0 Å². The molecule has 2 aromatic heterocycles. The molecule has 0 saturated carbocycles. The van der Waals surface area contributed by atoms with E-state index in [1.165, 1.54) is 22.2 Å². The molecule has 120 valence electrons. The fraction of sp³-hybridized carbons (Fsp3) is 0.389. The normalized spacial score (nSPS) is 19.9. The van der Waals surface area contributed by atoms with Crippen molar-refractivity contribution in [1.29, 1.82) is 0 Å². The Labute approximate surface area is 140 Å². The number of fused-ring (bicyclic) bond motifs is 1. The number of nitrogens with zero attached hydrogens (tertiary/aromatic N) is 2. The van der Waals surface area contributed by atoms with Gasteiger partial charge in [0.2, 0.25) is 0 Å². The number of aromatic amines is 1. The molecule has 0 radical (unpaired) electrons. The number of ether oxygens (including phenoxy) is 1. The second-order valence-electron chi connectivity index (χ2n) is 6.26. The van der Waals surface area contributed by atoms with Gasteiger partial charge in [-0.05, 0) is 41.5 Å². The van der Waals surface area contributed by atoms with Gasteiger partial charge in [0.05, 0.1) is 24.4 Å². The van der Waals surface area contributed by atoms with E-state index in [9.17, 15) is 0 Å².